The van der Waals surface area contributed by atoms with Gasteiger partial charge in [0, 0.05) is 24.1 Å². The third kappa shape index (κ3) is 1.45. The molecule has 0 N–H and O–H groups in total. The molecule has 16 heavy (non-hydrogen) atoms. The van der Waals surface area contributed by atoms with Crippen molar-refractivity contribution in [3.8, 4) is 5.69 Å². The highest BCUT2D eigenvalue weighted by molar-refractivity contribution is 5.82. The van der Waals surface area contributed by atoms with Crippen molar-refractivity contribution in [2.45, 2.75) is 19.3 Å². The molecule has 0 saturated carbocycles. The summed E-state index contributed by atoms with van der Waals surface area (Å²) >= 11 is 0. The number of benzene rings is 1. The van der Waals surface area contributed by atoms with Gasteiger partial charge in [0.2, 0.25) is 0 Å². The maximum Gasteiger partial charge on any atom is 0.137 e. The van der Waals surface area contributed by atoms with E-state index in [4.69, 9.17) is 0 Å². The molecule has 1 aromatic carbocycles. The van der Waals surface area contributed by atoms with E-state index in [0.717, 1.165) is 17.7 Å². The Kier molecular flexibility index (Phi) is 2.10. The lowest BCUT2D eigenvalue weighted by molar-refractivity contribution is -0.118. The van der Waals surface area contributed by atoms with Crippen molar-refractivity contribution in [3.05, 3.63) is 47.8 Å². The summed E-state index contributed by atoms with van der Waals surface area (Å²) in [6.07, 6.45) is 3.82. The van der Waals surface area contributed by atoms with Gasteiger partial charge in [-0.15, -0.1) is 0 Å². The second-order valence-electron chi connectivity index (χ2n) is 4.08. The van der Waals surface area contributed by atoms with E-state index in [0.29, 0.717) is 18.6 Å². The molecule has 3 nitrogen and oxygen atoms in total. The molecule has 0 aliphatic heterocycles. The number of hydrogen-bond acceptors (Lipinski definition) is 2. The van der Waals surface area contributed by atoms with Gasteiger partial charge in [0.05, 0.1) is 11.9 Å². The van der Waals surface area contributed by atoms with Crippen molar-refractivity contribution >= 4 is 5.78 Å². The highest BCUT2D eigenvalue weighted by Crippen LogP contribution is 2.21. The molecule has 0 atom stereocenters. The fraction of sp³-hybridized carbons (Fsp3) is 0.231. The Morgan fingerprint density at radius 1 is 1.12 bits per heavy atom. The number of aromatic nitrogens is 2. The maximum absolute atomic E-state index is 11.3. The molecule has 3 rings (SSSR count). The van der Waals surface area contributed by atoms with Crippen LogP contribution in [0.15, 0.2) is 36.5 Å². The molecule has 0 fully saturated rings. The van der Waals surface area contributed by atoms with E-state index in [1.807, 2.05) is 41.2 Å². The first kappa shape index (κ1) is 9.33. The lowest BCUT2D eigenvalue weighted by atomic mass is 9.97. The van der Waals surface area contributed by atoms with Crippen LogP contribution < -0.4 is 0 Å². The molecule has 0 saturated heterocycles. The van der Waals surface area contributed by atoms with Gasteiger partial charge in [-0.3, -0.25) is 4.79 Å². The third-order valence-corrected chi connectivity index (χ3v) is 2.98. The van der Waals surface area contributed by atoms with E-state index >= 15 is 0 Å². The molecule has 0 radical (unpaired) electrons. The Morgan fingerprint density at radius 2 is 1.94 bits per heavy atom. The summed E-state index contributed by atoms with van der Waals surface area (Å²) in [7, 11) is 0. The van der Waals surface area contributed by atoms with E-state index in [-0.39, 0.29) is 0 Å². The van der Waals surface area contributed by atoms with Crippen LogP contribution in [0.1, 0.15) is 17.7 Å². The number of para-hydroxylation sites is 1. The number of carbonyl (C=O) groups excluding carboxylic acids is 1. The Bertz CT molecular complexity index is 528. The molecule has 1 aromatic heterocycles. The highest BCUT2D eigenvalue weighted by Gasteiger charge is 2.20. The van der Waals surface area contributed by atoms with E-state index in [1.54, 1.807) is 0 Å². The first-order valence-electron chi connectivity index (χ1n) is 5.47. The van der Waals surface area contributed by atoms with Crippen molar-refractivity contribution < 1.29 is 4.79 Å². The van der Waals surface area contributed by atoms with Gasteiger partial charge in [0.15, 0.2) is 0 Å². The molecule has 0 amide bonds. The topological polar surface area (TPSA) is 34.9 Å². The lowest BCUT2D eigenvalue weighted by Gasteiger charge is -2.13. The Hall–Kier alpha value is -1.90. The SMILES string of the molecule is O=C1CCc2c(cnn2-c2ccccc2)C1. The van der Waals surface area contributed by atoms with Crippen LogP contribution in [0, 0.1) is 0 Å². The van der Waals surface area contributed by atoms with E-state index in [9.17, 15) is 4.79 Å². The van der Waals surface area contributed by atoms with Crippen molar-refractivity contribution in [3.63, 3.8) is 0 Å². The third-order valence-electron chi connectivity index (χ3n) is 2.98. The molecule has 1 aliphatic carbocycles. The minimum absolute atomic E-state index is 0.320. The average molecular weight is 212 g/mol. The quantitative estimate of drug-likeness (QED) is 0.724. The number of ketones is 1. The van der Waals surface area contributed by atoms with Gasteiger partial charge in [-0.1, -0.05) is 18.2 Å². The van der Waals surface area contributed by atoms with Crippen LogP contribution in [0.4, 0.5) is 0 Å². The summed E-state index contributed by atoms with van der Waals surface area (Å²) < 4.78 is 1.95. The molecule has 0 bridgehead atoms. The van der Waals surface area contributed by atoms with Crippen LogP contribution in [0.3, 0.4) is 0 Å². The molecule has 80 valence electrons. The number of nitrogens with zero attached hydrogens (tertiary/aromatic N) is 2. The minimum Gasteiger partial charge on any atom is -0.299 e. The predicted molar refractivity (Wildman–Crippen MR) is 60.6 cm³/mol. The van der Waals surface area contributed by atoms with Crippen molar-refractivity contribution in [1.82, 2.24) is 9.78 Å². The number of fused-ring (bicyclic) bond motifs is 1. The highest BCUT2D eigenvalue weighted by atomic mass is 16.1. The van der Waals surface area contributed by atoms with Crippen LogP contribution in [0.5, 0.6) is 0 Å². The second kappa shape index (κ2) is 3.59. The van der Waals surface area contributed by atoms with Gasteiger partial charge < -0.3 is 0 Å². The number of hydrogen-bond donors (Lipinski definition) is 0. The van der Waals surface area contributed by atoms with Gasteiger partial charge in [0.25, 0.3) is 0 Å². The largest absolute Gasteiger partial charge is 0.299 e. The first-order valence-corrected chi connectivity index (χ1v) is 5.47. The molecule has 0 spiro atoms. The summed E-state index contributed by atoms with van der Waals surface area (Å²) in [5.74, 6) is 0.320. The van der Waals surface area contributed by atoms with E-state index in [1.165, 1.54) is 5.69 Å². The van der Waals surface area contributed by atoms with Gasteiger partial charge in [0.1, 0.15) is 5.78 Å². The second-order valence-corrected chi connectivity index (χ2v) is 4.08. The fourth-order valence-corrected chi connectivity index (χ4v) is 2.17. The van der Waals surface area contributed by atoms with Gasteiger partial charge in [-0.05, 0) is 18.6 Å². The molecule has 3 heteroatoms. The summed E-state index contributed by atoms with van der Waals surface area (Å²) in [6, 6.07) is 10.0. The van der Waals surface area contributed by atoms with Gasteiger partial charge >= 0.3 is 0 Å². The lowest BCUT2D eigenvalue weighted by Crippen LogP contribution is -2.14. The summed E-state index contributed by atoms with van der Waals surface area (Å²) in [4.78, 5) is 11.3. The van der Waals surface area contributed by atoms with Gasteiger partial charge in [-0.2, -0.15) is 5.10 Å². The van der Waals surface area contributed by atoms with E-state index in [2.05, 4.69) is 5.10 Å². The normalized spacial score (nSPS) is 14.9. The first-order chi connectivity index (χ1) is 7.84. The number of rotatable bonds is 1. The molecule has 1 aliphatic rings. The van der Waals surface area contributed by atoms with Crippen LogP contribution in [-0.2, 0) is 17.6 Å². The van der Waals surface area contributed by atoms with Crippen LogP contribution in [-0.4, -0.2) is 15.6 Å². The zero-order chi connectivity index (χ0) is 11.0. The van der Waals surface area contributed by atoms with Crippen LogP contribution >= 0.6 is 0 Å². The maximum atomic E-state index is 11.3. The fourth-order valence-electron chi connectivity index (χ4n) is 2.17. The van der Waals surface area contributed by atoms with Crippen molar-refractivity contribution in [2.75, 3.05) is 0 Å². The number of Topliss-reactive ketones (excluding diaryl/α,β-unsaturated/α-hetero) is 1. The van der Waals surface area contributed by atoms with Gasteiger partial charge in [-0.25, -0.2) is 4.68 Å². The average Bonchev–Trinajstić information content (AvgIpc) is 2.73. The number of carbonyl (C=O) groups is 1. The minimum atomic E-state index is 0.320. The Balaban J connectivity index is 2.08. The van der Waals surface area contributed by atoms with Crippen LogP contribution in [0.25, 0.3) is 5.69 Å². The Labute approximate surface area is 93.7 Å². The molecule has 1 heterocycles. The van der Waals surface area contributed by atoms with Crippen LogP contribution in [0.2, 0.25) is 0 Å². The molecular weight excluding hydrogens is 200 g/mol. The molecule has 2 aromatic rings. The molecule has 0 unspecified atom stereocenters. The molecular formula is C13H12N2O. The van der Waals surface area contributed by atoms with Crippen molar-refractivity contribution in [1.29, 1.82) is 0 Å². The van der Waals surface area contributed by atoms with E-state index < -0.39 is 0 Å². The summed E-state index contributed by atoms with van der Waals surface area (Å²) in [5, 5.41) is 4.37. The zero-order valence-electron chi connectivity index (χ0n) is 8.89. The smallest absolute Gasteiger partial charge is 0.137 e. The standard InChI is InChI=1S/C13H12N2O/c16-12-6-7-13-10(8-12)9-14-15(13)11-4-2-1-3-5-11/h1-5,9H,6-8H2. The summed E-state index contributed by atoms with van der Waals surface area (Å²) in [6.45, 7) is 0. The Morgan fingerprint density at radius 3 is 2.75 bits per heavy atom. The monoisotopic (exact) mass is 212 g/mol. The predicted octanol–water partition coefficient (Wildman–Crippen LogP) is 1.93. The summed E-state index contributed by atoms with van der Waals surface area (Å²) in [5.41, 5.74) is 3.34. The van der Waals surface area contributed by atoms with Crippen molar-refractivity contribution in [2.24, 2.45) is 0 Å². The zero-order valence-corrected chi connectivity index (χ0v) is 8.89.